The summed E-state index contributed by atoms with van der Waals surface area (Å²) in [7, 11) is 1.50. The molecule has 0 saturated carbocycles. The molecule has 2 aromatic rings. The molecule has 332 valence electrons. The van der Waals surface area contributed by atoms with Gasteiger partial charge in [0, 0.05) is 49.5 Å². The molecule has 16 heteroatoms. The number of nitrogens with zero attached hydrogens (tertiary/aromatic N) is 4. The van der Waals surface area contributed by atoms with Crippen molar-refractivity contribution in [2.75, 3.05) is 25.9 Å². The number of fused-ring (bicyclic) bond motifs is 1. The number of alkyl halides is 1. The molecule has 2 aliphatic rings. The first kappa shape index (κ1) is 48.0. The molecule has 4 rings (SSSR count). The number of rotatable bonds is 14. The molecule has 0 aliphatic carbocycles. The van der Waals surface area contributed by atoms with Gasteiger partial charge in [-0.15, -0.1) is 5.10 Å². The monoisotopic (exact) mass is 832 g/mol. The van der Waals surface area contributed by atoms with E-state index in [1.165, 1.54) is 14.0 Å². The highest BCUT2D eigenvalue weighted by atomic mass is 19.1. The van der Waals surface area contributed by atoms with Crippen LogP contribution < -0.4 is 16.8 Å². The number of nitrogens with two attached hydrogens (primary N) is 2. The standard InChI is InChI=1S/C43H70FN7O8/c1-12-34-43(10)36(51(40(55)59-43)19-14-13-18-50-24-33(48-49-50)30-16-15-17-31(45)21-30)28(6)47-23-26(4)22-41(8,56-11)38(27(5)37(53)42(9,44)39(54)58-34)57-29(7)35(52)32(46)20-25(2)3/h15-17,21,24-29,32,34-36,38,47,52H,12-14,18-20,22-23,45-46H2,1-11H3/t26-,27+,28-,29-,32?,34-,35?,36-,38-,41-,42+,43-/m1/s1. The van der Waals surface area contributed by atoms with E-state index in [0.717, 1.165) is 12.5 Å². The molecule has 0 radical (unpaired) electrons. The summed E-state index contributed by atoms with van der Waals surface area (Å²) in [6, 6.07) is 5.77. The second kappa shape index (κ2) is 19.8. The Labute approximate surface area is 349 Å². The van der Waals surface area contributed by atoms with E-state index in [4.69, 9.17) is 30.4 Å². The number of Topliss-reactive ketones (excluding diaryl/α,β-unsaturated/α-hetero) is 1. The number of ether oxygens (including phenoxy) is 4. The lowest BCUT2D eigenvalue weighted by Gasteiger charge is -2.43. The van der Waals surface area contributed by atoms with Crippen molar-refractivity contribution >= 4 is 23.5 Å². The first-order valence-corrected chi connectivity index (χ1v) is 21.2. The number of benzene rings is 1. The van der Waals surface area contributed by atoms with Crippen molar-refractivity contribution < 1.29 is 42.8 Å². The maximum atomic E-state index is 16.9. The SMILES string of the molecule is CC[C@H]1OC(=O)[C@@](C)(F)C(=O)[C@H](C)[C@@H](O[C@H](C)C(O)C(N)CC(C)C)[C@](C)(OC)C[C@@H](C)CN[C@H](C)[C@H]2N(CCCCn3cc(-c4cccc(N)c4)nn3)C(=O)O[C@]12C. The number of anilines is 1. The molecule has 1 amide bonds. The topological polar surface area (TPSA) is 206 Å². The van der Waals surface area contributed by atoms with Crippen LogP contribution in [0.1, 0.15) is 101 Å². The highest BCUT2D eigenvalue weighted by Crippen LogP contribution is 2.40. The Morgan fingerprint density at radius 2 is 1.78 bits per heavy atom. The Morgan fingerprint density at radius 3 is 2.41 bits per heavy atom. The third-order valence-corrected chi connectivity index (χ3v) is 12.3. The minimum Gasteiger partial charge on any atom is -0.455 e. The Hall–Kier alpha value is -3.70. The fraction of sp³-hybridized carbons (Fsp3) is 0.744. The fourth-order valence-electron chi connectivity index (χ4n) is 9.00. The molecular formula is C43H70FN7O8. The number of aliphatic hydroxyl groups excluding tert-OH is 1. The number of nitrogen functional groups attached to an aromatic ring is 1. The first-order valence-electron chi connectivity index (χ1n) is 21.2. The van der Waals surface area contributed by atoms with Crippen LogP contribution in [0.3, 0.4) is 0 Å². The van der Waals surface area contributed by atoms with Gasteiger partial charge in [-0.25, -0.2) is 14.0 Å². The largest absolute Gasteiger partial charge is 0.455 e. The summed E-state index contributed by atoms with van der Waals surface area (Å²) >= 11 is 0. The van der Waals surface area contributed by atoms with Crippen LogP contribution >= 0.6 is 0 Å². The van der Waals surface area contributed by atoms with Gasteiger partial charge >= 0.3 is 12.1 Å². The van der Waals surface area contributed by atoms with E-state index in [1.807, 2.05) is 52.1 Å². The van der Waals surface area contributed by atoms with Gasteiger partial charge in [-0.1, -0.05) is 52.0 Å². The maximum absolute atomic E-state index is 16.9. The van der Waals surface area contributed by atoms with Crippen LogP contribution in [-0.4, -0.2) is 122 Å². The minimum absolute atomic E-state index is 0.0985. The number of ketones is 1. The average molecular weight is 832 g/mol. The Kier molecular flexibility index (Phi) is 16.1. The molecule has 2 fully saturated rings. The molecule has 2 unspecified atom stereocenters. The smallest absolute Gasteiger partial charge is 0.410 e. The van der Waals surface area contributed by atoms with Crippen LogP contribution in [0.25, 0.3) is 11.3 Å². The van der Waals surface area contributed by atoms with Gasteiger partial charge in [0.05, 0.1) is 36.2 Å². The molecule has 1 aromatic carbocycles. The molecular weight excluding hydrogens is 762 g/mol. The summed E-state index contributed by atoms with van der Waals surface area (Å²) in [5.74, 6) is -3.57. The number of aliphatic hydroxyl groups is 1. The van der Waals surface area contributed by atoms with Gasteiger partial charge < -0.3 is 40.8 Å². The number of hydrogen-bond acceptors (Lipinski definition) is 13. The molecule has 0 bridgehead atoms. The highest BCUT2D eigenvalue weighted by molar-refractivity contribution is 6.07. The van der Waals surface area contributed by atoms with Crippen molar-refractivity contribution in [1.29, 1.82) is 0 Å². The van der Waals surface area contributed by atoms with E-state index in [-0.39, 0.29) is 18.3 Å². The summed E-state index contributed by atoms with van der Waals surface area (Å²) in [6.45, 7) is 18.6. The van der Waals surface area contributed by atoms with Gasteiger partial charge in [0.25, 0.3) is 5.67 Å². The van der Waals surface area contributed by atoms with Gasteiger partial charge in [-0.3, -0.25) is 14.4 Å². The Morgan fingerprint density at radius 1 is 1.10 bits per heavy atom. The van der Waals surface area contributed by atoms with Crippen LogP contribution in [0.4, 0.5) is 14.9 Å². The molecule has 2 saturated heterocycles. The van der Waals surface area contributed by atoms with Gasteiger partial charge in [-0.2, -0.15) is 0 Å². The third kappa shape index (κ3) is 11.0. The summed E-state index contributed by atoms with van der Waals surface area (Å²) in [4.78, 5) is 43.5. The number of hydrogen-bond donors (Lipinski definition) is 4. The second-order valence-electron chi connectivity index (χ2n) is 17.9. The number of amides is 1. The van der Waals surface area contributed by atoms with Crippen molar-refractivity contribution in [1.82, 2.24) is 25.2 Å². The number of unbranched alkanes of at least 4 members (excludes halogenated alkanes) is 1. The zero-order chi connectivity index (χ0) is 44.0. The number of esters is 1. The van der Waals surface area contributed by atoms with Gasteiger partial charge in [0.15, 0.2) is 11.4 Å². The number of aromatic nitrogens is 3. The Balaban J connectivity index is 1.61. The van der Waals surface area contributed by atoms with Crippen molar-refractivity contribution in [3.05, 3.63) is 30.5 Å². The number of nitrogens with one attached hydrogen (secondary N) is 1. The number of carbonyl (C=O) groups is 3. The lowest BCUT2D eigenvalue weighted by molar-refractivity contribution is -0.194. The van der Waals surface area contributed by atoms with Crippen LogP contribution in [0.5, 0.6) is 0 Å². The minimum atomic E-state index is -3.11. The van der Waals surface area contributed by atoms with Crippen molar-refractivity contribution in [2.24, 2.45) is 23.5 Å². The van der Waals surface area contributed by atoms with Crippen LogP contribution in [0, 0.1) is 17.8 Å². The average Bonchev–Trinajstić information content (AvgIpc) is 3.76. The van der Waals surface area contributed by atoms with Crippen molar-refractivity contribution in [3.63, 3.8) is 0 Å². The molecule has 1 aromatic heterocycles. The fourth-order valence-corrected chi connectivity index (χ4v) is 9.00. The summed E-state index contributed by atoms with van der Waals surface area (Å²) in [6.07, 6.45) is -0.579. The van der Waals surface area contributed by atoms with Crippen molar-refractivity contribution in [3.8, 4) is 11.3 Å². The number of methoxy groups -OCH3 is 1. The normalized spacial score (nSPS) is 32.8. The van der Waals surface area contributed by atoms with Crippen molar-refractivity contribution in [2.45, 2.75) is 167 Å². The van der Waals surface area contributed by atoms with Gasteiger partial charge in [-0.05, 0) is 97.2 Å². The zero-order valence-electron chi connectivity index (χ0n) is 36.9. The highest BCUT2D eigenvalue weighted by Gasteiger charge is 2.60. The summed E-state index contributed by atoms with van der Waals surface area (Å²) in [5.41, 5.74) is 8.77. The third-order valence-electron chi connectivity index (χ3n) is 12.3. The zero-order valence-corrected chi connectivity index (χ0v) is 36.9. The summed E-state index contributed by atoms with van der Waals surface area (Å²) in [5, 5.41) is 23.3. The molecule has 15 nitrogen and oxygen atoms in total. The quantitative estimate of drug-likeness (QED) is 0.0850. The molecule has 3 heterocycles. The number of aryl methyl sites for hydroxylation is 1. The number of carbonyl (C=O) groups excluding carboxylic acids is 3. The molecule has 2 aliphatic heterocycles. The second-order valence-corrected chi connectivity index (χ2v) is 17.9. The number of cyclic esters (lactones) is 1. The Bertz CT molecular complexity index is 1730. The van der Waals surface area contributed by atoms with E-state index >= 15 is 4.39 Å². The molecule has 6 N–H and O–H groups in total. The number of halogens is 1. The first-order chi connectivity index (χ1) is 27.6. The van der Waals surface area contributed by atoms with E-state index < -0.39 is 83.2 Å². The van der Waals surface area contributed by atoms with E-state index in [1.54, 1.807) is 43.3 Å². The van der Waals surface area contributed by atoms with Crippen LogP contribution in [-0.2, 0) is 35.1 Å². The molecule has 59 heavy (non-hydrogen) atoms. The van der Waals surface area contributed by atoms with Crippen LogP contribution in [0.15, 0.2) is 30.5 Å². The van der Waals surface area contributed by atoms with Gasteiger partial charge in [0.1, 0.15) is 11.8 Å². The lowest BCUT2D eigenvalue weighted by Crippen LogP contribution is -2.61. The molecule has 12 atom stereocenters. The maximum Gasteiger partial charge on any atom is 0.410 e. The molecule has 0 spiro atoms. The van der Waals surface area contributed by atoms with Gasteiger partial charge in [0.2, 0.25) is 0 Å². The predicted molar refractivity (Wildman–Crippen MR) is 223 cm³/mol. The van der Waals surface area contributed by atoms with E-state index in [9.17, 15) is 19.5 Å². The lowest BCUT2D eigenvalue weighted by atomic mass is 9.77. The summed E-state index contributed by atoms with van der Waals surface area (Å²) < 4.78 is 43.2. The van der Waals surface area contributed by atoms with Crippen LogP contribution in [0.2, 0.25) is 0 Å². The van der Waals surface area contributed by atoms with E-state index in [2.05, 4.69) is 15.6 Å². The van der Waals surface area contributed by atoms with E-state index in [0.29, 0.717) is 56.7 Å². The predicted octanol–water partition coefficient (Wildman–Crippen LogP) is 5.07.